The van der Waals surface area contributed by atoms with Gasteiger partial charge < -0.3 is 15.7 Å². The molecule has 21 heavy (non-hydrogen) atoms. The molecule has 0 aromatic carbocycles. The normalized spacial score (nSPS) is 23.7. The lowest BCUT2D eigenvalue weighted by Gasteiger charge is -2.29. The van der Waals surface area contributed by atoms with Crippen LogP contribution in [-0.4, -0.2) is 40.9 Å². The number of rotatable bonds is 2. The molecule has 2 heterocycles. The smallest absolute Gasteiger partial charge is 0.380 e. The van der Waals surface area contributed by atoms with Crippen LogP contribution in [-0.2, 0) is 0 Å². The molecule has 0 spiro atoms. The Balaban J connectivity index is 2.17. The molecule has 3 N–H and O–H groups in total. The Labute approximate surface area is 119 Å². The molecule has 1 aromatic rings. The Hall–Kier alpha value is -1.83. The molecule has 1 aliphatic heterocycles. The maximum atomic E-state index is 12.9. The van der Waals surface area contributed by atoms with Gasteiger partial charge in [-0.05, 0) is 25.0 Å². The third-order valence-corrected chi connectivity index (χ3v) is 3.70. The molecule has 1 fully saturated rings. The highest BCUT2D eigenvalue weighted by molar-refractivity contribution is 5.91. The minimum atomic E-state index is -4.64. The highest BCUT2D eigenvalue weighted by atomic mass is 19.4. The number of pyridine rings is 1. The summed E-state index contributed by atoms with van der Waals surface area (Å²) in [5.41, 5.74) is 3.12. The SMILES string of the molecule is NC(=O)c1cc(N2CCCC(O)(C(F)(F)F)CC2)ccn1. The van der Waals surface area contributed by atoms with Gasteiger partial charge in [-0.25, -0.2) is 0 Å². The summed E-state index contributed by atoms with van der Waals surface area (Å²) in [6.07, 6.45) is -3.80. The maximum Gasteiger partial charge on any atom is 0.417 e. The first-order valence-electron chi connectivity index (χ1n) is 6.53. The highest BCUT2D eigenvalue weighted by Crippen LogP contribution is 2.38. The van der Waals surface area contributed by atoms with Gasteiger partial charge in [0.1, 0.15) is 5.69 Å². The number of nitrogens with zero attached hydrogens (tertiary/aromatic N) is 2. The molecule has 0 bridgehead atoms. The molecule has 0 saturated carbocycles. The Morgan fingerprint density at radius 3 is 2.71 bits per heavy atom. The lowest BCUT2D eigenvalue weighted by molar-refractivity contribution is -0.263. The quantitative estimate of drug-likeness (QED) is 0.867. The molecule has 2 rings (SSSR count). The second kappa shape index (κ2) is 5.51. The number of amides is 1. The van der Waals surface area contributed by atoms with Crippen molar-refractivity contribution in [2.75, 3.05) is 18.0 Å². The summed E-state index contributed by atoms with van der Waals surface area (Å²) < 4.78 is 38.6. The van der Waals surface area contributed by atoms with E-state index in [4.69, 9.17) is 5.73 Å². The van der Waals surface area contributed by atoms with Crippen molar-refractivity contribution < 1.29 is 23.1 Å². The van der Waals surface area contributed by atoms with Crippen molar-refractivity contribution in [3.63, 3.8) is 0 Å². The number of carbonyl (C=O) groups is 1. The number of nitrogens with two attached hydrogens (primary N) is 1. The van der Waals surface area contributed by atoms with Crippen LogP contribution in [0.25, 0.3) is 0 Å². The lowest BCUT2D eigenvalue weighted by Crippen LogP contribution is -2.45. The summed E-state index contributed by atoms with van der Waals surface area (Å²) in [6, 6.07) is 3.05. The number of carbonyl (C=O) groups excluding carboxylic acids is 1. The molecule has 1 saturated heterocycles. The van der Waals surface area contributed by atoms with E-state index in [-0.39, 0.29) is 25.1 Å². The fraction of sp³-hybridized carbons (Fsp3) is 0.538. The molecule has 8 heteroatoms. The van der Waals surface area contributed by atoms with Crippen molar-refractivity contribution in [2.24, 2.45) is 5.73 Å². The molecule has 0 radical (unpaired) electrons. The number of halogens is 3. The number of primary amides is 1. The minimum Gasteiger partial charge on any atom is -0.380 e. The number of aliphatic hydroxyl groups is 1. The van der Waals surface area contributed by atoms with E-state index in [9.17, 15) is 23.1 Å². The van der Waals surface area contributed by atoms with Crippen LogP contribution in [0.4, 0.5) is 18.9 Å². The van der Waals surface area contributed by atoms with Crippen molar-refractivity contribution in [3.8, 4) is 0 Å². The van der Waals surface area contributed by atoms with Crippen LogP contribution < -0.4 is 10.6 Å². The molecule has 0 aliphatic carbocycles. The summed E-state index contributed by atoms with van der Waals surface area (Å²) in [7, 11) is 0. The van der Waals surface area contributed by atoms with E-state index in [1.165, 1.54) is 12.3 Å². The van der Waals surface area contributed by atoms with Gasteiger partial charge in [0.05, 0.1) is 0 Å². The van der Waals surface area contributed by atoms with Crippen molar-refractivity contribution in [2.45, 2.75) is 31.0 Å². The van der Waals surface area contributed by atoms with Gasteiger partial charge in [0.25, 0.3) is 5.91 Å². The van der Waals surface area contributed by atoms with Crippen LogP contribution in [0, 0.1) is 0 Å². The van der Waals surface area contributed by atoms with Gasteiger partial charge in [0.2, 0.25) is 0 Å². The topological polar surface area (TPSA) is 79.5 Å². The van der Waals surface area contributed by atoms with Crippen LogP contribution in [0.2, 0.25) is 0 Å². The summed E-state index contributed by atoms with van der Waals surface area (Å²) in [4.78, 5) is 16.6. The van der Waals surface area contributed by atoms with E-state index in [1.54, 1.807) is 11.0 Å². The second-order valence-corrected chi connectivity index (χ2v) is 5.13. The Bertz CT molecular complexity index is 536. The lowest BCUT2D eigenvalue weighted by atomic mass is 9.94. The van der Waals surface area contributed by atoms with Gasteiger partial charge in [-0.15, -0.1) is 0 Å². The monoisotopic (exact) mass is 303 g/mol. The number of anilines is 1. The van der Waals surface area contributed by atoms with Crippen LogP contribution in [0.15, 0.2) is 18.3 Å². The number of hydrogen-bond acceptors (Lipinski definition) is 4. The van der Waals surface area contributed by atoms with Gasteiger partial charge >= 0.3 is 6.18 Å². The van der Waals surface area contributed by atoms with E-state index in [1.807, 2.05) is 0 Å². The fourth-order valence-electron chi connectivity index (χ4n) is 2.41. The largest absolute Gasteiger partial charge is 0.417 e. The summed E-state index contributed by atoms with van der Waals surface area (Å²) in [5, 5.41) is 9.76. The summed E-state index contributed by atoms with van der Waals surface area (Å²) in [5.74, 6) is -0.696. The zero-order chi connectivity index (χ0) is 15.7. The number of aromatic nitrogens is 1. The molecule has 1 atom stereocenters. The van der Waals surface area contributed by atoms with Crippen molar-refractivity contribution in [1.29, 1.82) is 0 Å². The zero-order valence-corrected chi connectivity index (χ0v) is 11.2. The predicted octanol–water partition coefficient (Wildman–Crippen LogP) is 1.46. The summed E-state index contributed by atoms with van der Waals surface area (Å²) >= 11 is 0. The van der Waals surface area contributed by atoms with Gasteiger partial charge in [0, 0.05) is 31.4 Å². The zero-order valence-electron chi connectivity index (χ0n) is 11.2. The van der Waals surface area contributed by atoms with Crippen molar-refractivity contribution in [1.82, 2.24) is 4.98 Å². The molecule has 1 amide bonds. The maximum absolute atomic E-state index is 12.9. The average molecular weight is 303 g/mol. The Morgan fingerprint density at radius 1 is 1.38 bits per heavy atom. The predicted molar refractivity (Wildman–Crippen MR) is 69.8 cm³/mol. The molecule has 1 aromatic heterocycles. The number of alkyl halides is 3. The van der Waals surface area contributed by atoms with Gasteiger partial charge in [0.15, 0.2) is 5.60 Å². The van der Waals surface area contributed by atoms with E-state index < -0.39 is 24.1 Å². The molecule has 116 valence electrons. The first-order valence-corrected chi connectivity index (χ1v) is 6.53. The van der Waals surface area contributed by atoms with Crippen molar-refractivity contribution >= 4 is 11.6 Å². The third-order valence-electron chi connectivity index (χ3n) is 3.70. The van der Waals surface area contributed by atoms with E-state index in [0.717, 1.165) is 0 Å². The van der Waals surface area contributed by atoms with E-state index >= 15 is 0 Å². The van der Waals surface area contributed by atoms with Crippen LogP contribution >= 0.6 is 0 Å². The standard InChI is InChI=1S/C13H16F3N3O2/c14-13(15,16)12(21)3-1-6-19(7-4-12)9-2-5-18-10(8-9)11(17)20/h2,5,8,21H,1,3-4,6-7H2,(H2,17,20). The molecular weight excluding hydrogens is 287 g/mol. The fourth-order valence-corrected chi connectivity index (χ4v) is 2.41. The Kier molecular flexibility index (Phi) is 4.08. The first-order chi connectivity index (χ1) is 9.73. The van der Waals surface area contributed by atoms with Crippen LogP contribution in [0.1, 0.15) is 29.8 Å². The molecule has 1 unspecified atom stereocenters. The highest BCUT2D eigenvalue weighted by Gasteiger charge is 2.53. The minimum absolute atomic E-state index is 0.0399. The molecule has 1 aliphatic rings. The molecular formula is C13H16F3N3O2. The Morgan fingerprint density at radius 2 is 2.10 bits per heavy atom. The van der Waals surface area contributed by atoms with Gasteiger partial charge in [-0.3, -0.25) is 9.78 Å². The van der Waals surface area contributed by atoms with Gasteiger partial charge in [-0.1, -0.05) is 0 Å². The average Bonchev–Trinajstić information content (AvgIpc) is 2.61. The first kappa shape index (κ1) is 15.6. The number of hydrogen-bond donors (Lipinski definition) is 2. The van der Waals surface area contributed by atoms with Gasteiger partial charge in [-0.2, -0.15) is 13.2 Å². The molecule has 5 nitrogen and oxygen atoms in total. The van der Waals surface area contributed by atoms with Crippen LogP contribution in [0.5, 0.6) is 0 Å². The van der Waals surface area contributed by atoms with Crippen LogP contribution in [0.3, 0.4) is 0 Å². The second-order valence-electron chi connectivity index (χ2n) is 5.13. The van der Waals surface area contributed by atoms with E-state index in [0.29, 0.717) is 12.2 Å². The van der Waals surface area contributed by atoms with E-state index in [2.05, 4.69) is 4.98 Å². The third kappa shape index (κ3) is 3.26. The summed E-state index contributed by atoms with van der Waals surface area (Å²) in [6.45, 7) is 0.402. The van der Waals surface area contributed by atoms with Crippen molar-refractivity contribution in [3.05, 3.63) is 24.0 Å².